The molecule has 1 saturated carbocycles. The topological polar surface area (TPSA) is 63.2 Å². The van der Waals surface area contributed by atoms with E-state index in [-0.39, 0.29) is 27.4 Å². The second-order valence-electron chi connectivity index (χ2n) is 5.61. The highest BCUT2D eigenvalue weighted by Gasteiger charge is 2.24. The molecule has 1 amide bonds. The van der Waals surface area contributed by atoms with Gasteiger partial charge in [0.05, 0.1) is 4.90 Å². The molecule has 1 aliphatic rings. The van der Waals surface area contributed by atoms with E-state index in [0.29, 0.717) is 11.5 Å². The summed E-state index contributed by atoms with van der Waals surface area (Å²) in [6.45, 7) is 3.70. The Morgan fingerprint density at radius 1 is 1.33 bits per heavy atom. The SMILES string of the molecule is Cc1c(Cl)cc(C(=O)NC2CCC(C)C2)cc1S(=O)(=O)Cl. The molecule has 0 saturated heterocycles. The van der Waals surface area contributed by atoms with Crippen LogP contribution in [-0.2, 0) is 9.05 Å². The zero-order valence-corrected chi connectivity index (χ0v) is 14.1. The highest BCUT2D eigenvalue weighted by Crippen LogP contribution is 2.29. The number of halogens is 2. The largest absolute Gasteiger partial charge is 0.349 e. The predicted molar refractivity (Wildman–Crippen MR) is 83.5 cm³/mol. The van der Waals surface area contributed by atoms with Crippen molar-refractivity contribution in [3.05, 3.63) is 28.3 Å². The highest BCUT2D eigenvalue weighted by atomic mass is 35.7. The zero-order valence-electron chi connectivity index (χ0n) is 11.8. The van der Waals surface area contributed by atoms with Crippen molar-refractivity contribution in [1.82, 2.24) is 5.32 Å². The average molecular weight is 350 g/mol. The van der Waals surface area contributed by atoms with Crippen molar-refractivity contribution >= 4 is 37.2 Å². The number of amides is 1. The van der Waals surface area contributed by atoms with E-state index in [0.717, 1.165) is 19.3 Å². The van der Waals surface area contributed by atoms with Gasteiger partial charge in [-0.25, -0.2) is 8.42 Å². The van der Waals surface area contributed by atoms with Gasteiger partial charge in [0.2, 0.25) is 0 Å². The number of rotatable bonds is 3. The molecule has 1 aromatic carbocycles. The molecule has 1 aromatic rings. The van der Waals surface area contributed by atoms with E-state index in [9.17, 15) is 13.2 Å². The van der Waals surface area contributed by atoms with Crippen LogP contribution in [0.25, 0.3) is 0 Å². The summed E-state index contributed by atoms with van der Waals surface area (Å²) in [4.78, 5) is 12.1. The lowest BCUT2D eigenvalue weighted by Crippen LogP contribution is -2.33. The fraction of sp³-hybridized carbons (Fsp3) is 0.500. The molecular weight excluding hydrogens is 333 g/mol. The van der Waals surface area contributed by atoms with Gasteiger partial charge < -0.3 is 5.32 Å². The van der Waals surface area contributed by atoms with Crippen LogP contribution in [0.15, 0.2) is 17.0 Å². The molecule has 2 atom stereocenters. The van der Waals surface area contributed by atoms with Crippen LogP contribution in [0.1, 0.15) is 42.1 Å². The standard InChI is InChI=1S/C14H17Cl2NO3S/c1-8-3-4-11(5-8)17-14(18)10-6-12(15)9(2)13(7-10)21(16,19)20/h6-8,11H,3-5H2,1-2H3,(H,17,18). The van der Waals surface area contributed by atoms with Crippen molar-refractivity contribution in [2.24, 2.45) is 5.92 Å². The Morgan fingerprint density at radius 3 is 2.52 bits per heavy atom. The first-order chi connectivity index (χ1) is 9.68. The highest BCUT2D eigenvalue weighted by molar-refractivity contribution is 8.13. The average Bonchev–Trinajstić information content (AvgIpc) is 2.76. The molecule has 1 fully saturated rings. The Morgan fingerprint density at radius 2 is 2.00 bits per heavy atom. The molecule has 0 aliphatic heterocycles. The predicted octanol–water partition coefficient (Wildman–Crippen LogP) is 3.49. The smallest absolute Gasteiger partial charge is 0.261 e. The second kappa shape index (κ2) is 6.15. The van der Waals surface area contributed by atoms with Crippen LogP contribution >= 0.6 is 22.3 Å². The quantitative estimate of drug-likeness (QED) is 0.849. The molecule has 21 heavy (non-hydrogen) atoms. The van der Waals surface area contributed by atoms with Crippen LogP contribution < -0.4 is 5.32 Å². The van der Waals surface area contributed by atoms with Gasteiger partial charge >= 0.3 is 0 Å². The first-order valence-electron chi connectivity index (χ1n) is 6.74. The molecule has 1 aliphatic carbocycles. The Balaban J connectivity index is 2.28. The maximum Gasteiger partial charge on any atom is 0.261 e. The van der Waals surface area contributed by atoms with Crippen LogP contribution in [0, 0.1) is 12.8 Å². The molecule has 0 heterocycles. The summed E-state index contributed by atoms with van der Waals surface area (Å²) in [6.07, 6.45) is 2.96. The molecule has 1 N–H and O–H groups in total. The number of carbonyl (C=O) groups is 1. The van der Waals surface area contributed by atoms with Gasteiger partial charge in [-0.3, -0.25) is 4.79 Å². The van der Waals surface area contributed by atoms with E-state index in [1.165, 1.54) is 12.1 Å². The van der Waals surface area contributed by atoms with Crippen molar-refractivity contribution in [2.45, 2.75) is 44.0 Å². The number of hydrogen-bond acceptors (Lipinski definition) is 3. The van der Waals surface area contributed by atoms with E-state index in [1.807, 2.05) is 0 Å². The summed E-state index contributed by atoms with van der Waals surface area (Å²) in [6, 6.07) is 2.87. The first kappa shape index (κ1) is 16.6. The molecule has 0 aromatic heterocycles. The van der Waals surface area contributed by atoms with E-state index >= 15 is 0 Å². The monoisotopic (exact) mass is 349 g/mol. The third kappa shape index (κ3) is 3.90. The minimum Gasteiger partial charge on any atom is -0.349 e. The Bertz CT molecular complexity index is 673. The summed E-state index contributed by atoms with van der Waals surface area (Å²) in [5, 5.41) is 3.13. The number of benzene rings is 1. The first-order valence-corrected chi connectivity index (χ1v) is 9.43. The zero-order chi connectivity index (χ0) is 15.8. The Hall–Kier alpha value is -0.780. The van der Waals surface area contributed by atoms with E-state index in [1.54, 1.807) is 6.92 Å². The molecular formula is C14H17Cl2NO3S. The fourth-order valence-corrected chi connectivity index (χ4v) is 4.14. The van der Waals surface area contributed by atoms with Gasteiger partial charge in [0, 0.05) is 27.3 Å². The molecule has 116 valence electrons. The van der Waals surface area contributed by atoms with Crippen molar-refractivity contribution < 1.29 is 13.2 Å². The molecule has 2 unspecified atom stereocenters. The second-order valence-corrected chi connectivity index (χ2v) is 8.55. The summed E-state index contributed by atoms with van der Waals surface area (Å²) >= 11 is 6.01. The van der Waals surface area contributed by atoms with E-state index in [2.05, 4.69) is 12.2 Å². The number of carbonyl (C=O) groups excluding carboxylic acids is 1. The molecule has 2 rings (SSSR count). The van der Waals surface area contributed by atoms with E-state index < -0.39 is 9.05 Å². The van der Waals surface area contributed by atoms with Crippen molar-refractivity contribution in [3.63, 3.8) is 0 Å². The van der Waals surface area contributed by atoms with E-state index in [4.69, 9.17) is 22.3 Å². The Labute approximate surface area is 134 Å². The Kier molecular flexibility index (Phi) is 4.85. The van der Waals surface area contributed by atoms with Gasteiger partial charge in [-0.1, -0.05) is 18.5 Å². The van der Waals surface area contributed by atoms with Crippen LogP contribution in [0.5, 0.6) is 0 Å². The van der Waals surface area contributed by atoms with Gasteiger partial charge in [-0.15, -0.1) is 0 Å². The lowest BCUT2D eigenvalue weighted by molar-refractivity contribution is 0.0937. The van der Waals surface area contributed by atoms with Crippen LogP contribution in [0.4, 0.5) is 0 Å². The lowest BCUT2D eigenvalue weighted by atomic mass is 10.1. The molecule has 0 spiro atoms. The molecule has 4 nitrogen and oxygen atoms in total. The van der Waals surface area contributed by atoms with Gasteiger partial charge in [-0.2, -0.15) is 0 Å². The van der Waals surface area contributed by atoms with Crippen molar-refractivity contribution in [1.29, 1.82) is 0 Å². The van der Waals surface area contributed by atoms with Gasteiger partial charge in [0.1, 0.15) is 0 Å². The molecule has 0 radical (unpaired) electrons. The number of nitrogens with one attached hydrogen (secondary N) is 1. The van der Waals surface area contributed by atoms with Crippen LogP contribution in [0.2, 0.25) is 5.02 Å². The van der Waals surface area contributed by atoms with Gasteiger partial charge in [0.25, 0.3) is 15.0 Å². The molecule has 7 heteroatoms. The minimum atomic E-state index is -3.94. The van der Waals surface area contributed by atoms with Gasteiger partial charge in [0.15, 0.2) is 0 Å². The summed E-state index contributed by atoms with van der Waals surface area (Å²) in [5.74, 6) is 0.272. The molecule has 0 bridgehead atoms. The van der Waals surface area contributed by atoms with Crippen LogP contribution in [0.3, 0.4) is 0 Å². The minimum absolute atomic E-state index is 0.124. The maximum atomic E-state index is 12.2. The third-order valence-electron chi connectivity index (χ3n) is 3.85. The summed E-state index contributed by atoms with van der Waals surface area (Å²) in [5.41, 5.74) is 0.557. The van der Waals surface area contributed by atoms with Gasteiger partial charge in [-0.05, 0) is 49.8 Å². The third-order valence-corrected chi connectivity index (χ3v) is 5.69. The van der Waals surface area contributed by atoms with Crippen LogP contribution in [-0.4, -0.2) is 20.4 Å². The normalized spacial score (nSPS) is 22.3. The summed E-state index contributed by atoms with van der Waals surface area (Å²) in [7, 11) is 1.44. The lowest BCUT2D eigenvalue weighted by Gasteiger charge is -2.14. The number of hydrogen-bond donors (Lipinski definition) is 1. The maximum absolute atomic E-state index is 12.2. The van der Waals surface area contributed by atoms with Crippen molar-refractivity contribution in [2.75, 3.05) is 0 Å². The fourth-order valence-electron chi connectivity index (χ4n) is 2.64. The van der Waals surface area contributed by atoms with Crippen molar-refractivity contribution in [3.8, 4) is 0 Å². The summed E-state index contributed by atoms with van der Waals surface area (Å²) < 4.78 is 23.1.